The van der Waals surface area contributed by atoms with Gasteiger partial charge in [-0.05, 0) is 33.7 Å². The van der Waals surface area contributed by atoms with E-state index >= 15 is 0 Å². The maximum absolute atomic E-state index is 4.87. The molecule has 5 heteroatoms. The lowest BCUT2D eigenvalue weighted by Gasteiger charge is -2.36. The zero-order chi connectivity index (χ0) is 14.4. The van der Waals surface area contributed by atoms with E-state index in [4.69, 9.17) is 4.99 Å². The largest absolute Gasteiger partial charge is 0.357 e. The Morgan fingerprint density at radius 3 is 2.35 bits per heavy atom. The molecule has 0 aromatic carbocycles. The van der Waals surface area contributed by atoms with Gasteiger partial charge in [-0.1, -0.05) is 0 Å². The summed E-state index contributed by atoms with van der Waals surface area (Å²) in [6.45, 7) is 13.4. The van der Waals surface area contributed by atoms with E-state index in [2.05, 4.69) is 40.9 Å². The Morgan fingerprint density at radius 1 is 1.10 bits per heavy atom. The second-order valence-electron chi connectivity index (χ2n) is 6.08. The molecular formula is C15H31N5. The molecule has 0 aromatic rings. The number of likely N-dealkylation sites (N-methyl/N-ethyl adjacent to an activating group) is 1. The summed E-state index contributed by atoms with van der Waals surface area (Å²) in [5.41, 5.74) is 0. The number of hydrogen-bond donors (Lipinski definition) is 1. The lowest BCUT2D eigenvalue weighted by molar-refractivity contribution is 0.122. The summed E-state index contributed by atoms with van der Waals surface area (Å²) in [6.07, 6.45) is 2.61. The van der Waals surface area contributed by atoms with Crippen molar-refractivity contribution in [2.24, 2.45) is 4.99 Å². The first-order valence-corrected chi connectivity index (χ1v) is 8.16. The monoisotopic (exact) mass is 281 g/mol. The Hall–Kier alpha value is -0.810. The van der Waals surface area contributed by atoms with Crippen molar-refractivity contribution in [1.29, 1.82) is 0 Å². The molecule has 2 heterocycles. The average molecular weight is 281 g/mol. The summed E-state index contributed by atoms with van der Waals surface area (Å²) < 4.78 is 0. The predicted molar refractivity (Wildman–Crippen MR) is 85.3 cm³/mol. The first-order chi connectivity index (χ1) is 9.70. The summed E-state index contributed by atoms with van der Waals surface area (Å²) in [7, 11) is 2.21. The van der Waals surface area contributed by atoms with Crippen LogP contribution in [-0.2, 0) is 0 Å². The van der Waals surface area contributed by atoms with Gasteiger partial charge in [0.25, 0.3) is 0 Å². The van der Waals surface area contributed by atoms with Crippen LogP contribution in [-0.4, -0.2) is 86.1 Å². The minimum atomic E-state index is 0.542. The average Bonchev–Trinajstić information content (AvgIpc) is 2.98. The molecule has 5 nitrogen and oxygen atoms in total. The van der Waals surface area contributed by atoms with Crippen LogP contribution >= 0.6 is 0 Å². The molecule has 1 atom stereocenters. The van der Waals surface area contributed by atoms with Gasteiger partial charge in [-0.25, -0.2) is 0 Å². The second kappa shape index (κ2) is 7.84. The smallest absolute Gasteiger partial charge is 0.193 e. The van der Waals surface area contributed by atoms with E-state index in [1.807, 2.05) is 0 Å². The number of likely N-dealkylation sites (tertiary alicyclic amines) is 1. The van der Waals surface area contributed by atoms with E-state index in [0.29, 0.717) is 6.04 Å². The highest BCUT2D eigenvalue weighted by Gasteiger charge is 2.20. The van der Waals surface area contributed by atoms with Crippen LogP contribution in [0.1, 0.15) is 26.7 Å². The molecule has 2 rings (SSSR count). The SMILES string of the molecule is CCNC(=NCC(C)N1CCN(C)CC1)N1CCCC1. The number of guanidine groups is 1. The third kappa shape index (κ3) is 4.35. The molecule has 20 heavy (non-hydrogen) atoms. The molecule has 2 fully saturated rings. The van der Waals surface area contributed by atoms with Crippen LogP contribution in [0.25, 0.3) is 0 Å². The molecule has 0 aromatic heterocycles. The fraction of sp³-hybridized carbons (Fsp3) is 0.933. The first-order valence-electron chi connectivity index (χ1n) is 8.16. The Bertz CT molecular complexity index is 303. The molecule has 0 aliphatic carbocycles. The van der Waals surface area contributed by atoms with Crippen molar-refractivity contribution in [1.82, 2.24) is 20.0 Å². The van der Waals surface area contributed by atoms with Gasteiger partial charge >= 0.3 is 0 Å². The molecule has 2 saturated heterocycles. The molecular weight excluding hydrogens is 250 g/mol. The standard InChI is InChI=1S/C15H31N5/c1-4-16-15(20-7-5-6-8-20)17-13-14(2)19-11-9-18(3)10-12-19/h14H,4-13H2,1-3H3,(H,16,17). The second-order valence-corrected chi connectivity index (χ2v) is 6.08. The quantitative estimate of drug-likeness (QED) is 0.607. The van der Waals surface area contributed by atoms with Crippen LogP contribution < -0.4 is 5.32 Å². The highest BCUT2D eigenvalue weighted by atomic mass is 15.3. The third-order valence-electron chi connectivity index (χ3n) is 4.41. The van der Waals surface area contributed by atoms with E-state index in [-0.39, 0.29) is 0 Å². The topological polar surface area (TPSA) is 34.1 Å². The normalized spacial score (nSPS) is 24.1. The summed E-state index contributed by atoms with van der Waals surface area (Å²) in [5, 5.41) is 3.44. The van der Waals surface area contributed by atoms with Crippen LogP contribution in [0.5, 0.6) is 0 Å². The minimum absolute atomic E-state index is 0.542. The van der Waals surface area contributed by atoms with Crippen molar-refractivity contribution in [3.05, 3.63) is 0 Å². The number of nitrogens with one attached hydrogen (secondary N) is 1. The van der Waals surface area contributed by atoms with Crippen molar-refractivity contribution >= 4 is 5.96 Å². The number of nitrogens with zero attached hydrogens (tertiary/aromatic N) is 4. The van der Waals surface area contributed by atoms with Gasteiger partial charge in [0.2, 0.25) is 0 Å². The maximum Gasteiger partial charge on any atom is 0.193 e. The summed E-state index contributed by atoms with van der Waals surface area (Å²) in [5.74, 6) is 1.12. The van der Waals surface area contributed by atoms with Crippen molar-refractivity contribution in [2.75, 3.05) is 59.4 Å². The molecule has 1 unspecified atom stereocenters. The number of piperazine rings is 1. The van der Waals surface area contributed by atoms with E-state index in [1.54, 1.807) is 0 Å². The Kier molecular flexibility index (Phi) is 6.10. The predicted octanol–water partition coefficient (Wildman–Crippen LogP) is 0.684. The summed E-state index contributed by atoms with van der Waals surface area (Å²) >= 11 is 0. The summed E-state index contributed by atoms with van der Waals surface area (Å²) in [4.78, 5) is 12.2. The van der Waals surface area contributed by atoms with E-state index in [0.717, 1.165) is 32.1 Å². The van der Waals surface area contributed by atoms with E-state index in [1.165, 1.54) is 39.0 Å². The Morgan fingerprint density at radius 2 is 1.75 bits per heavy atom. The van der Waals surface area contributed by atoms with Gasteiger partial charge in [0.1, 0.15) is 0 Å². The van der Waals surface area contributed by atoms with Crippen LogP contribution in [0, 0.1) is 0 Å². The molecule has 116 valence electrons. The van der Waals surface area contributed by atoms with Crippen LogP contribution in [0.15, 0.2) is 4.99 Å². The van der Waals surface area contributed by atoms with E-state index in [9.17, 15) is 0 Å². The Balaban J connectivity index is 1.84. The lowest BCUT2D eigenvalue weighted by Crippen LogP contribution is -2.49. The number of rotatable bonds is 4. The van der Waals surface area contributed by atoms with Gasteiger partial charge in [0, 0.05) is 51.9 Å². The lowest BCUT2D eigenvalue weighted by atomic mass is 10.2. The highest BCUT2D eigenvalue weighted by molar-refractivity contribution is 5.80. The molecule has 0 saturated carbocycles. The van der Waals surface area contributed by atoms with E-state index < -0.39 is 0 Å². The van der Waals surface area contributed by atoms with Gasteiger partial charge in [-0.15, -0.1) is 0 Å². The first kappa shape index (κ1) is 15.6. The van der Waals surface area contributed by atoms with Crippen LogP contribution in [0.2, 0.25) is 0 Å². The number of aliphatic imine (C=N–C) groups is 1. The fourth-order valence-corrected chi connectivity index (χ4v) is 2.95. The maximum atomic E-state index is 4.87. The third-order valence-corrected chi connectivity index (χ3v) is 4.41. The van der Waals surface area contributed by atoms with Crippen LogP contribution in [0.4, 0.5) is 0 Å². The van der Waals surface area contributed by atoms with Crippen LogP contribution in [0.3, 0.4) is 0 Å². The van der Waals surface area contributed by atoms with Crippen molar-refractivity contribution < 1.29 is 0 Å². The molecule has 1 N–H and O–H groups in total. The summed E-state index contributed by atoms with van der Waals surface area (Å²) in [6, 6.07) is 0.542. The minimum Gasteiger partial charge on any atom is -0.357 e. The Labute approximate surface area is 124 Å². The molecule has 2 aliphatic heterocycles. The molecule has 2 aliphatic rings. The fourth-order valence-electron chi connectivity index (χ4n) is 2.95. The van der Waals surface area contributed by atoms with Crippen molar-refractivity contribution in [2.45, 2.75) is 32.7 Å². The molecule has 0 spiro atoms. The molecule has 0 radical (unpaired) electrons. The highest BCUT2D eigenvalue weighted by Crippen LogP contribution is 2.09. The zero-order valence-corrected chi connectivity index (χ0v) is 13.4. The van der Waals surface area contributed by atoms with Gasteiger partial charge in [-0.2, -0.15) is 0 Å². The van der Waals surface area contributed by atoms with Gasteiger partial charge in [-0.3, -0.25) is 9.89 Å². The van der Waals surface area contributed by atoms with Crippen molar-refractivity contribution in [3.8, 4) is 0 Å². The van der Waals surface area contributed by atoms with Gasteiger partial charge in [0.05, 0.1) is 6.54 Å². The molecule has 0 bridgehead atoms. The van der Waals surface area contributed by atoms with Gasteiger partial charge in [0.15, 0.2) is 5.96 Å². The number of hydrogen-bond acceptors (Lipinski definition) is 3. The molecule has 0 amide bonds. The van der Waals surface area contributed by atoms with Crippen molar-refractivity contribution in [3.63, 3.8) is 0 Å². The van der Waals surface area contributed by atoms with Gasteiger partial charge < -0.3 is 15.1 Å². The zero-order valence-electron chi connectivity index (χ0n) is 13.4.